The zero-order valence-electron chi connectivity index (χ0n) is 17.5. The summed E-state index contributed by atoms with van der Waals surface area (Å²) < 4.78 is 6.29. The summed E-state index contributed by atoms with van der Waals surface area (Å²) in [6.45, 7) is 8.22. The van der Waals surface area contributed by atoms with Gasteiger partial charge in [0.25, 0.3) is 5.91 Å². The van der Waals surface area contributed by atoms with Crippen molar-refractivity contribution in [2.75, 3.05) is 26.2 Å². The lowest BCUT2D eigenvalue weighted by atomic mass is 9.88. The molecule has 0 aliphatic carbocycles. The number of piperidine rings is 1. The van der Waals surface area contributed by atoms with Gasteiger partial charge in [0.05, 0.1) is 24.4 Å². The standard InChI is InChI=1S/C24H31N3O2/c1-19-7-6-10-22(25-19)17-27-18-24(29-20(2)23(27)28)12-15-26(16-13-24)14-11-21-8-4-3-5-9-21/h3-10,20H,11-18H2,1-2H3. The second kappa shape index (κ2) is 8.64. The minimum atomic E-state index is -0.385. The first-order chi connectivity index (χ1) is 14.0. The van der Waals surface area contributed by atoms with E-state index in [4.69, 9.17) is 4.74 Å². The number of hydrogen-bond acceptors (Lipinski definition) is 4. The van der Waals surface area contributed by atoms with Crippen molar-refractivity contribution in [1.29, 1.82) is 0 Å². The number of morpholine rings is 1. The minimum absolute atomic E-state index is 0.0745. The molecule has 0 saturated carbocycles. The van der Waals surface area contributed by atoms with Gasteiger partial charge in [-0.15, -0.1) is 0 Å². The van der Waals surface area contributed by atoms with Gasteiger partial charge in [-0.05, 0) is 50.8 Å². The summed E-state index contributed by atoms with van der Waals surface area (Å²) >= 11 is 0. The van der Waals surface area contributed by atoms with E-state index < -0.39 is 0 Å². The van der Waals surface area contributed by atoms with Gasteiger partial charge in [-0.25, -0.2) is 0 Å². The lowest BCUT2D eigenvalue weighted by Crippen LogP contribution is -2.61. The number of amides is 1. The largest absolute Gasteiger partial charge is 0.360 e. The number of hydrogen-bond donors (Lipinski definition) is 0. The molecule has 5 heteroatoms. The Labute approximate surface area is 173 Å². The van der Waals surface area contributed by atoms with E-state index in [2.05, 4.69) is 40.2 Å². The Hall–Kier alpha value is -2.24. The van der Waals surface area contributed by atoms with Crippen LogP contribution in [0.3, 0.4) is 0 Å². The minimum Gasteiger partial charge on any atom is -0.360 e. The molecular formula is C24H31N3O2. The molecule has 2 fully saturated rings. The van der Waals surface area contributed by atoms with Crippen molar-refractivity contribution in [3.8, 4) is 0 Å². The molecule has 1 spiro atoms. The summed E-state index contributed by atoms with van der Waals surface area (Å²) in [5.41, 5.74) is 3.10. The Morgan fingerprint density at radius 1 is 1.10 bits per heavy atom. The number of pyridine rings is 1. The van der Waals surface area contributed by atoms with Gasteiger partial charge >= 0.3 is 0 Å². The van der Waals surface area contributed by atoms with Crippen LogP contribution < -0.4 is 0 Å². The van der Waals surface area contributed by atoms with E-state index in [1.165, 1.54) is 5.56 Å². The van der Waals surface area contributed by atoms with Gasteiger partial charge in [0.2, 0.25) is 0 Å². The topological polar surface area (TPSA) is 45.7 Å². The van der Waals surface area contributed by atoms with Crippen molar-refractivity contribution in [3.63, 3.8) is 0 Å². The van der Waals surface area contributed by atoms with Crippen molar-refractivity contribution in [1.82, 2.24) is 14.8 Å². The van der Waals surface area contributed by atoms with Gasteiger partial charge in [-0.2, -0.15) is 0 Å². The van der Waals surface area contributed by atoms with E-state index in [1.807, 2.05) is 36.9 Å². The van der Waals surface area contributed by atoms with Crippen LogP contribution in [0.15, 0.2) is 48.5 Å². The molecule has 0 radical (unpaired) electrons. The molecule has 1 aromatic carbocycles. The Kier molecular flexibility index (Phi) is 5.97. The summed E-state index contributed by atoms with van der Waals surface area (Å²) in [5, 5.41) is 0. The van der Waals surface area contributed by atoms with Crippen LogP contribution in [0.25, 0.3) is 0 Å². The first kappa shape index (κ1) is 20.0. The molecule has 1 unspecified atom stereocenters. The number of benzene rings is 1. The lowest BCUT2D eigenvalue weighted by Gasteiger charge is -2.49. The molecule has 2 saturated heterocycles. The molecule has 29 heavy (non-hydrogen) atoms. The first-order valence-corrected chi connectivity index (χ1v) is 10.7. The third-order valence-electron chi connectivity index (χ3n) is 6.19. The van der Waals surface area contributed by atoms with E-state index in [-0.39, 0.29) is 17.6 Å². The van der Waals surface area contributed by atoms with Crippen LogP contribution in [0.5, 0.6) is 0 Å². The molecule has 2 aliphatic heterocycles. The molecule has 4 rings (SSSR count). The molecule has 1 aromatic heterocycles. The smallest absolute Gasteiger partial charge is 0.251 e. The first-order valence-electron chi connectivity index (χ1n) is 10.7. The molecule has 5 nitrogen and oxygen atoms in total. The highest BCUT2D eigenvalue weighted by atomic mass is 16.5. The number of ether oxygens (including phenoxy) is 1. The molecule has 0 bridgehead atoms. The lowest BCUT2D eigenvalue weighted by molar-refractivity contribution is -0.190. The fraction of sp³-hybridized carbons (Fsp3) is 0.500. The number of carbonyl (C=O) groups is 1. The predicted octanol–water partition coefficient (Wildman–Crippen LogP) is 3.21. The van der Waals surface area contributed by atoms with Crippen molar-refractivity contribution >= 4 is 5.91 Å². The average Bonchev–Trinajstić information content (AvgIpc) is 2.72. The fourth-order valence-corrected chi connectivity index (χ4v) is 4.55. The Bertz CT molecular complexity index is 831. The maximum Gasteiger partial charge on any atom is 0.251 e. The van der Waals surface area contributed by atoms with Gasteiger partial charge in [-0.1, -0.05) is 36.4 Å². The summed E-state index contributed by atoms with van der Waals surface area (Å²) in [7, 11) is 0. The third-order valence-corrected chi connectivity index (χ3v) is 6.19. The Morgan fingerprint density at radius 3 is 2.59 bits per heavy atom. The van der Waals surface area contributed by atoms with Gasteiger partial charge in [0, 0.05) is 25.3 Å². The second-order valence-electron chi connectivity index (χ2n) is 8.48. The van der Waals surface area contributed by atoms with Crippen molar-refractivity contribution in [2.24, 2.45) is 0 Å². The van der Waals surface area contributed by atoms with Gasteiger partial charge in [-0.3, -0.25) is 9.78 Å². The van der Waals surface area contributed by atoms with Crippen LogP contribution in [0.4, 0.5) is 0 Å². The average molecular weight is 394 g/mol. The van der Waals surface area contributed by atoms with E-state index in [0.29, 0.717) is 13.1 Å². The van der Waals surface area contributed by atoms with Crippen molar-refractivity contribution in [3.05, 3.63) is 65.5 Å². The molecule has 2 aromatic rings. The van der Waals surface area contributed by atoms with E-state index in [9.17, 15) is 4.79 Å². The van der Waals surface area contributed by atoms with Gasteiger partial charge in [0.15, 0.2) is 0 Å². The highest BCUT2D eigenvalue weighted by Gasteiger charge is 2.45. The molecule has 1 amide bonds. The summed E-state index contributed by atoms with van der Waals surface area (Å²) in [6, 6.07) is 16.7. The molecule has 2 aliphatic rings. The Morgan fingerprint density at radius 2 is 1.86 bits per heavy atom. The van der Waals surface area contributed by atoms with E-state index in [0.717, 1.165) is 50.3 Å². The molecular weight excluding hydrogens is 362 g/mol. The zero-order valence-corrected chi connectivity index (χ0v) is 17.5. The van der Waals surface area contributed by atoms with Crippen molar-refractivity contribution in [2.45, 2.75) is 51.4 Å². The predicted molar refractivity (Wildman–Crippen MR) is 113 cm³/mol. The summed E-state index contributed by atoms with van der Waals surface area (Å²) in [5.74, 6) is 0.0745. The molecule has 154 valence electrons. The zero-order chi connectivity index (χ0) is 20.3. The molecule has 0 N–H and O–H groups in total. The van der Waals surface area contributed by atoms with Gasteiger partial charge in [0.1, 0.15) is 6.10 Å². The SMILES string of the molecule is Cc1cccc(CN2CC3(CCN(CCc4ccccc4)CC3)OC(C)C2=O)n1. The molecule has 3 heterocycles. The number of nitrogens with zero attached hydrogens (tertiary/aromatic N) is 3. The second-order valence-corrected chi connectivity index (χ2v) is 8.48. The number of carbonyl (C=O) groups excluding carboxylic acids is 1. The monoisotopic (exact) mass is 393 g/mol. The third kappa shape index (κ3) is 4.85. The number of likely N-dealkylation sites (tertiary alicyclic amines) is 1. The number of aryl methyl sites for hydroxylation is 1. The number of rotatable bonds is 5. The van der Waals surface area contributed by atoms with Crippen LogP contribution in [0, 0.1) is 6.92 Å². The van der Waals surface area contributed by atoms with Gasteiger partial charge < -0.3 is 14.5 Å². The van der Waals surface area contributed by atoms with E-state index >= 15 is 0 Å². The highest BCUT2D eigenvalue weighted by molar-refractivity contribution is 5.81. The van der Waals surface area contributed by atoms with Crippen LogP contribution in [-0.4, -0.2) is 58.6 Å². The highest BCUT2D eigenvalue weighted by Crippen LogP contribution is 2.33. The quantitative estimate of drug-likeness (QED) is 0.783. The molecule has 1 atom stereocenters. The summed E-state index contributed by atoms with van der Waals surface area (Å²) in [4.78, 5) is 21.8. The maximum atomic E-state index is 12.7. The normalized spacial score (nSPS) is 22.2. The van der Waals surface area contributed by atoms with Crippen LogP contribution in [-0.2, 0) is 22.5 Å². The van der Waals surface area contributed by atoms with Crippen LogP contribution in [0.2, 0.25) is 0 Å². The van der Waals surface area contributed by atoms with Crippen LogP contribution in [0.1, 0.15) is 36.7 Å². The fourth-order valence-electron chi connectivity index (χ4n) is 4.55. The Balaban J connectivity index is 1.36. The van der Waals surface area contributed by atoms with Crippen molar-refractivity contribution < 1.29 is 9.53 Å². The number of aromatic nitrogens is 1. The van der Waals surface area contributed by atoms with E-state index in [1.54, 1.807) is 0 Å². The maximum absolute atomic E-state index is 12.7. The van der Waals surface area contributed by atoms with Crippen LogP contribution >= 0.6 is 0 Å². The summed E-state index contributed by atoms with van der Waals surface area (Å²) in [6.07, 6.45) is 2.63.